The van der Waals surface area contributed by atoms with Crippen molar-refractivity contribution in [3.8, 4) is 0 Å². The first-order valence-electron chi connectivity index (χ1n) is 6.42. The molecule has 0 N–H and O–H groups in total. The third-order valence-electron chi connectivity index (χ3n) is 3.04. The third-order valence-corrected chi connectivity index (χ3v) is 3.04. The molecular weight excluding hydrogens is 268 g/mol. The predicted molar refractivity (Wildman–Crippen MR) is 81.2 cm³/mol. The molecule has 1 heterocycles. The highest BCUT2D eigenvalue weighted by molar-refractivity contribution is 5.72. The molecule has 0 saturated heterocycles. The van der Waals surface area contributed by atoms with Gasteiger partial charge in [-0.2, -0.15) is 0 Å². The van der Waals surface area contributed by atoms with E-state index in [4.69, 9.17) is 4.84 Å². The van der Waals surface area contributed by atoms with Crippen molar-refractivity contribution < 1.29 is 9.76 Å². The van der Waals surface area contributed by atoms with Gasteiger partial charge in [-0.1, -0.05) is 43.0 Å². The van der Waals surface area contributed by atoms with Gasteiger partial charge in [0.15, 0.2) is 0 Å². The van der Waals surface area contributed by atoms with Crippen LogP contribution in [0.2, 0.25) is 0 Å². The maximum Gasteiger partial charge on any atom is 0.295 e. The Labute approximate surface area is 123 Å². The number of hydrogen-bond acceptors (Lipinski definition) is 4. The molecule has 2 rings (SSSR count). The minimum absolute atomic E-state index is 0.0729. The zero-order chi connectivity index (χ0) is 15.4. The van der Waals surface area contributed by atoms with Crippen molar-refractivity contribution in [2.75, 3.05) is 6.61 Å². The normalized spacial score (nSPS) is 15.0. The highest BCUT2D eigenvalue weighted by atomic mass is 16.7. The van der Waals surface area contributed by atoms with Gasteiger partial charge >= 0.3 is 0 Å². The van der Waals surface area contributed by atoms with E-state index in [-0.39, 0.29) is 18.0 Å². The summed E-state index contributed by atoms with van der Waals surface area (Å²) in [5.74, 6) is 0. The van der Waals surface area contributed by atoms with Gasteiger partial charge in [-0.05, 0) is 12.5 Å². The van der Waals surface area contributed by atoms with Crippen molar-refractivity contribution in [3.63, 3.8) is 0 Å². The summed E-state index contributed by atoms with van der Waals surface area (Å²) in [7, 11) is 0. The van der Waals surface area contributed by atoms with Crippen molar-refractivity contribution in [2.45, 2.75) is 6.92 Å². The summed E-state index contributed by atoms with van der Waals surface area (Å²) in [6.07, 6.45) is 3.09. The molecule has 0 amide bonds. The number of nitro groups is 1. The molecule has 0 bridgehead atoms. The maximum atomic E-state index is 11.1. The number of hydrogen-bond donors (Lipinski definition) is 0. The fraction of sp³-hybridized carbons (Fsp3) is 0.125. The van der Waals surface area contributed by atoms with Crippen molar-refractivity contribution in [1.29, 1.82) is 0 Å². The van der Waals surface area contributed by atoms with Crippen LogP contribution in [0.15, 0.2) is 72.6 Å². The van der Waals surface area contributed by atoms with E-state index in [0.29, 0.717) is 0 Å². The molecule has 0 aliphatic carbocycles. The van der Waals surface area contributed by atoms with E-state index in [2.05, 4.69) is 13.2 Å². The summed E-state index contributed by atoms with van der Waals surface area (Å²) in [4.78, 5) is 16.2. The molecule has 1 aliphatic rings. The summed E-state index contributed by atoms with van der Waals surface area (Å²) >= 11 is 0. The maximum absolute atomic E-state index is 11.1. The van der Waals surface area contributed by atoms with Crippen LogP contribution in [0.4, 0.5) is 0 Å². The summed E-state index contributed by atoms with van der Waals surface area (Å²) in [6.45, 7) is 9.42. The van der Waals surface area contributed by atoms with Crippen LogP contribution in [-0.2, 0) is 4.84 Å². The van der Waals surface area contributed by atoms with Crippen LogP contribution >= 0.6 is 0 Å². The SMILES string of the molecule is C=CCON1C(=C)C([N+](=O)[O-])=CC(C)=C1c1ccccc1. The molecule has 0 unspecified atom stereocenters. The lowest BCUT2D eigenvalue weighted by atomic mass is 10.0. The number of rotatable bonds is 5. The summed E-state index contributed by atoms with van der Waals surface area (Å²) in [5.41, 5.74) is 2.51. The van der Waals surface area contributed by atoms with E-state index in [9.17, 15) is 10.1 Å². The van der Waals surface area contributed by atoms with Gasteiger partial charge in [-0.25, -0.2) is 5.06 Å². The van der Waals surface area contributed by atoms with Gasteiger partial charge in [0.25, 0.3) is 5.70 Å². The molecule has 0 saturated carbocycles. The highest BCUT2D eigenvalue weighted by Gasteiger charge is 2.31. The first-order valence-corrected chi connectivity index (χ1v) is 6.42. The second-order valence-electron chi connectivity index (χ2n) is 4.51. The molecule has 1 aromatic rings. The number of hydroxylamine groups is 2. The number of allylic oxidation sites excluding steroid dienone is 2. The molecule has 0 spiro atoms. The van der Waals surface area contributed by atoms with Crippen LogP contribution < -0.4 is 0 Å². The lowest BCUT2D eigenvalue weighted by Gasteiger charge is -2.30. The van der Waals surface area contributed by atoms with Gasteiger partial charge in [-0.15, -0.1) is 6.58 Å². The lowest BCUT2D eigenvalue weighted by Crippen LogP contribution is -2.28. The Hall–Kier alpha value is -2.66. The van der Waals surface area contributed by atoms with Crippen LogP contribution in [0.5, 0.6) is 0 Å². The molecule has 0 radical (unpaired) electrons. The van der Waals surface area contributed by atoms with Crippen LogP contribution in [0.3, 0.4) is 0 Å². The summed E-state index contributed by atoms with van der Waals surface area (Å²) < 4.78 is 0. The van der Waals surface area contributed by atoms with Crippen LogP contribution in [0.25, 0.3) is 5.70 Å². The molecule has 0 fully saturated rings. The zero-order valence-corrected chi connectivity index (χ0v) is 11.8. The highest BCUT2D eigenvalue weighted by Crippen LogP contribution is 2.34. The molecule has 5 nitrogen and oxygen atoms in total. The van der Waals surface area contributed by atoms with E-state index in [1.165, 1.54) is 11.1 Å². The predicted octanol–water partition coefficient (Wildman–Crippen LogP) is 3.53. The van der Waals surface area contributed by atoms with E-state index in [1.54, 1.807) is 6.08 Å². The first-order chi connectivity index (χ1) is 10.1. The standard InChI is InChI=1S/C16H16N2O3/c1-4-10-21-17-13(3)15(18(19)20)11-12(2)16(17)14-8-6-5-7-9-14/h4-9,11H,1,3,10H2,2H3. The van der Waals surface area contributed by atoms with Gasteiger partial charge in [-0.3, -0.25) is 15.0 Å². The van der Waals surface area contributed by atoms with Crippen molar-refractivity contribution in [3.05, 3.63) is 88.3 Å². The molecule has 0 aromatic heterocycles. The molecule has 21 heavy (non-hydrogen) atoms. The molecule has 0 atom stereocenters. The van der Waals surface area contributed by atoms with Crippen LogP contribution in [0, 0.1) is 10.1 Å². The Morgan fingerprint density at radius 1 is 1.38 bits per heavy atom. The van der Waals surface area contributed by atoms with E-state index >= 15 is 0 Å². The quantitative estimate of drug-likeness (QED) is 0.471. The summed E-state index contributed by atoms with van der Waals surface area (Å²) in [6, 6.07) is 9.54. The Kier molecular flexibility index (Phi) is 4.35. The van der Waals surface area contributed by atoms with Crippen LogP contribution in [-0.4, -0.2) is 16.6 Å². The van der Waals surface area contributed by atoms with E-state index in [1.807, 2.05) is 37.3 Å². The Bertz CT molecular complexity index is 645. The second-order valence-corrected chi connectivity index (χ2v) is 4.51. The lowest BCUT2D eigenvalue weighted by molar-refractivity contribution is -0.424. The summed E-state index contributed by atoms with van der Waals surface area (Å²) in [5, 5.41) is 12.5. The van der Waals surface area contributed by atoms with Gasteiger partial charge in [0.05, 0.1) is 17.2 Å². The number of benzene rings is 1. The smallest absolute Gasteiger partial charge is 0.264 e. The Balaban J connectivity index is 2.54. The van der Waals surface area contributed by atoms with Gasteiger partial charge in [0, 0.05) is 11.6 Å². The van der Waals surface area contributed by atoms with Crippen LogP contribution in [0.1, 0.15) is 12.5 Å². The number of nitrogens with zero attached hydrogens (tertiary/aromatic N) is 2. The topological polar surface area (TPSA) is 55.6 Å². The Morgan fingerprint density at radius 2 is 2.05 bits per heavy atom. The van der Waals surface area contributed by atoms with E-state index < -0.39 is 4.92 Å². The minimum atomic E-state index is -0.460. The van der Waals surface area contributed by atoms with Gasteiger partial charge < -0.3 is 0 Å². The molecule has 5 heteroatoms. The average molecular weight is 284 g/mol. The largest absolute Gasteiger partial charge is 0.295 e. The minimum Gasteiger partial charge on any atom is -0.264 e. The first kappa shape index (κ1) is 14.7. The zero-order valence-electron chi connectivity index (χ0n) is 11.8. The molecule has 1 aromatic carbocycles. The molecular formula is C16H16N2O3. The average Bonchev–Trinajstić information content (AvgIpc) is 2.48. The fourth-order valence-corrected chi connectivity index (χ4v) is 2.12. The Morgan fingerprint density at radius 3 is 2.62 bits per heavy atom. The molecule has 108 valence electrons. The van der Waals surface area contributed by atoms with Crippen molar-refractivity contribution in [2.24, 2.45) is 0 Å². The van der Waals surface area contributed by atoms with E-state index in [0.717, 1.165) is 16.8 Å². The molecule has 1 aliphatic heterocycles. The fourth-order valence-electron chi connectivity index (χ4n) is 2.12. The van der Waals surface area contributed by atoms with Gasteiger partial charge in [0.1, 0.15) is 5.70 Å². The van der Waals surface area contributed by atoms with Crippen molar-refractivity contribution in [1.82, 2.24) is 5.06 Å². The van der Waals surface area contributed by atoms with Gasteiger partial charge in [0.2, 0.25) is 0 Å². The second kappa shape index (κ2) is 6.19. The monoisotopic (exact) mass is 284 g/mol. The van der Waals surface area contributed by atoms with Crippen molar-refractivity contribution >= 4 is 5.70 Å². The third kappa shape index (κ3) is 2.93.